The van der Waals surface area contributed by atoms with Crippen LogP contribution in [0, 0.1) is 41.9 Å². The van der Waals surface area contributed by atoms with Crippen molar-refractivity contribution in [3.63, 3.8) is 0 Å². The molecule has 0 spiro atoms. The Kier molecular flexibility index (Phi) is 4.09. The molecule has 0 saturated heterocycles. The summed E-state index contributed by atoms with van der Waals surface area (Å²) >= 11 is 0. The molecule has 3 aliphatic rings. The Labute approximate surface area is 168 Å². The Morgan fingerprint density at radius 1 is 1.21 bits per heavy atom. The van der Waals surface area contributed by atoms with Gasteiger partial charge in [0.2, 0.25) is 0 Å². The van der Waals surface area contributed by atoms with Crippen LogP contribution in [-0.4, -0.2) is 24.1 Å². The van der Waals surface area contributed by atoms with Gasteiger partial charge in [-0.1, -0.05) is 26.7 Å². The van der Waals surface area contributed by atoms with Crippen LogP contribution in [0.5, 0.6) is 5.75 Å². The van der Waals surface area contributed by atoms with E-state index in [-0.39, 0.29) is 28.8 Å². The van der Waals surface area contributed by atoms with E-state index in [1.807, 2.05) is 6.07 Å². The van der Waals surface area contributed by atoms with Crippen LogP contribution in [0.2, 0.25) is 0 Å². The van der Waals surface area contributed by atoms with Crippen LogP contribution >= 0.6 is 0 Å². The first-order chi connectivity index (χ1) is 13.0. The van der Waals surface area contributed by atoms with Crippen molar-refractivity contribution in [1.82, 2.24) is 0 Å². The predicted molar refractivity (Wildman–Crippen MR) is 110 cm³/mol. The fourth-order valence-corrected chi connectivity index (χ4v) is 7.11. The number of fused-ring (bicyclic) bond motifs is 5. The van der Waals surface area contributed by atoms with E-state index >= 15 is 0 Å². The summed E-state index contributed by atoms with van der Waals surface area (Å²) in [6.45, 7) is 10.8. The summed E-state index contributed by atoms with van der Waals surface area (Å²) in [5.74, 6) is 4.21. The van der Waals surface area contributed by atoms with Gasteiger partial charge in [0, 0.05) is 6.42 Å². The van der Waals surface area contributed by atoms with Crippen LogP contribution in [0.15, 0.2) is 6.07 Å². The third-order valence-corrected chi connectivity index (χ3v) is 8.98. The number of hydrogen-bond donors (Lipinski definition) is 1. The zero-order valence-corrected chi connectivity index (χ0v) is 18.0. The van der Waals surface area contributed by atoms with Crippen LogP contribution < -0.4 is 4.74 Å². The van der Waals surface area contributed by atoms with Crippen LogP contribution in [0.3, 0.4) is 0 Å². The van der Waals surface area contributed by atoms with Gasteiger partial charge < -0.3 is 9.84 Å². The Balaban J connectivity index is 1.92. The number of methoxy groups -OCH3 is 1. The number of ketones is 1. The summed E-state index contributed by atoms with van der Waals surface area (Å²) in [5.41, 5.74) is 3.48. The Morgan fingerprint density at radius 2 is 1.89 bits per heavy atom. The molecular formula is C25H32O3. The molecule has 2 saturated carbocycles. The van der Waals surface area contributed by atoms with Gasteiger partial charge in [-0.05, 0) is 78.5 Å². The van der Waals surface area contributed by atoms with E-state index in [2.05, 4.69) is 40.5 Å². The normalized spacial score (nSPS) is 38.2. The third kappa shape index (κ3) is 2.13. The molecule has 3 nitrogen and oxygen atoms in total. The van der Waals surface area contributed by atoms with Gasteiger partial charge >= 0.3 is 0 Å². The van der Waals surface area contributed by atoms with Crippen molar-refractivity contribution in [1.29, 1.82) is 0 Å². The molecule has 3 heteroatoms. The summed E-state index contributed by atoms with van der Waals surface area (Å²) in [6.07, 6.45) is 8.61. The first-order valence-corrected chi connectivity index (χ1v) is 10.4. The minimum Gasteiger partial charge on any atom is -0.495 e. The van der Waals surface area contributed by atoms with Gasteiger partial charge in [-0.25, -0.2) is 0 Å². The van der Waals surface area contributed by atoms with E-state index in [0.29, 0.717) is 18.0 Å². The Bertz CT molecular complexity index is 905. The maximum atomic E-state index is 13.7. The van der Waals surface area contributed by atoms with Gasteiger partial charge in [0.05, 0.1) is 24.2 Å². The smallest absolute Gasteiger partial charge is 0.143 e. The topological polar surface area (TPSA) is 46.5 Å². The fraction of sp³-hybridized carbons (Fsp3) is 0.640. The highest BCUT2D eigenvalue weighted by molar-refractivity contribution is 5.93. The predicted octanol–water partition coefficient (Wildman–Crippen LogP) is 4.19. The van der Waals surface area contributed by atoms with E-state index in [1.165, 1.54) is 5.56 Å². The first-order valence-electron chi connectivity index (χ1n) is 10.4. The maximum absolute atomic E-state index is 13.7. The SMILES string of the molecule is C#Cc1c(OC)cc2c(c1C)C[C@@H]1[C@@]3(C)CC[C@H](O)C(C)(C)[C@@H]3CC(=O)[C@@]21C. The minimum absolute atomic E-state index is 0.0143. The highest BCUT2D eigenvalue weighted by Gasteiger charge is 2.66. The van der Waals surface area contributed by atoms with E-state index in [9.17, 15) is 9.90 Å². The van der Waals surface area contributed by atoms with Crippen molar-refractivity contribution < 1.29 is 14.6 Å². The number of rotatable bonds is 1. The number of carbonyl (C=O) groups excluding carboxylic acids is 1. The van der Waals surface area contributed by atoms with Gasteiger partial charge in [0.1, 0.15) is 11.5 Å². The lowest BCUT2D eigenvalue weighted by Gasteiger charge is -2.61. The molecule has 4 rings (SSSR count). The number of ether oxygens (including phenoxy) is 1. The molecule has 3 aliphatic carbocycles. The molecule has 0 unspecified atom stereocenters. The molecule has 0 amide bonds. The largest absolute Gasteiger partial charge is 0.495 e. The van der Waals surface area contributed by atoms with Crippen molar-refractivity contribution in [2.75, 3.05) is 7.11 Å². The monoisotopic (exact) mass is 380 g/mol. The molecule has 0 bridgehead atoms. The molecule has 0 radical (unpaired) electrons. The van der Waals surface area contributed by atoms with Crippen molar-refractivity contribution in [2.45, 2.75) is 71.8 Å². The summed E-state index contributed by atoms with van der Waals surface area (Å²) in [7, 11) is 1.64. The van der Waals surface area contributed by atoms with Crippen LogP contribution in [0.4, 0.5) is 0 Å². The zero-order chi connectivity index (χ0) is 20.6. The maximum Gasteiger partial charge on any atom is 0.143 e. The molecule has 0 aliphatic heterocycles. The molecule has 1 aromatic carbocycles. The van der Waals surface area contributed by atoms with E-state index in [1.54, 1.807) is 7.11 Å². The first kappa shape index (κ1) is 19.5. The second kappa shape index (κ2) is 5.86. The Morgan fingerprint density at radius 3 is 2.50 bits per heavy atom. The number of benzene rings is 1. The lowest BCUT2D eigenvalue weighted by Crippen LogP contribution is -2.61. The van der Waals surface area contributed by atoms with Crippen LogP contribution in [0.25, 0.3) is 0 Å². The molecule has 0 aromatic heterocycles. The number of hydrogen-bond acceptors (Lipinski definition) is 3. The second-order valence-corrected chi connectivity index (χ2v) is 10.3. The molecular weight excluding hydrogens is 348 g/mol. The van der Waals surface area contributed by atoms with E-state index in [0.717, 1.165) is 36.0 Å². The van der Waals surface area contributed by atoms with Gasteiger partial charge in [-0.2, -0.15) is 0 Å². The van der Waals surface area contributed by atoms with Gasteiger partial charge in [-0.3, -0.25) is 4.79 Å². The summed E-state index contributed by atoms with van der Waals surface area (Å²) < 4.78 is 5.59. The highest BCUT2D eigenvalue weighted by atomic mass is 16.5. The highest BCUT2D eigenvalue weighted by Crippen LogP contribution is 2.67. The molecule has 1 aromatic rings. The number of aliphatic hydroxyl groups excluding tert-OH is 1. The van der Waals surface area contributed by atoms with Gasteiger partial charge in [-0.15, -0.1) is 6.42 Å². The van der Waals surface area contributed by atoms with Gasteiger partial charge in [0.15, 0.2) is 0 Å². The molecule has 28 heavy (non-hydrogen) atoms. The quantitative estimate of drug-likeness (QED) is 0.743. The third-order valence-electron chi connectivity index (χ3n) is 8.98. The fourth-order valence-electron chi connectivity index (χ4n) is 7.11. The molecule has 0 heterocycles. The molecule has 1 N–H and O–H groups in total. The second-order valence-electron chi connectivity index (χ2n) is 10.3. The van der Waals surface area contributed by atoms with Crippen LogP contribution in [-0.2, 0) is 16.6 Å². The summed E-state index contributed by atoms with van der Waals surface area (Å²) in [6, 6.07) is 2.03. The zero-order valence-electron chi connectivity index (χ0n) is 18.0. The van der Waals surface area contributed by atoms with E-state index in [4.69, 9.17) is 11.2 Å². The number of aliphatic hydroxyl groups is 1. The van der Waals surface area contributed by atoms with Crippen molar-refractivity contribution in [3.05, 3.63) is 28.3 Å². The standard InChI is InChI=1S/C25H32O3/c1-8-15-14(2)16-11-20-24(5)10-9-21(26)23(3,4)19(24)13-22(27)25(20,6)17(16)12-18(15)28-7/h1,12,19-21,26H,9-11,13H2,2-7H3/t19-,20+,21-,24-,25-/m0/s1. The number of Topliss-reactive ketones (excluding diaryl/α,β-unsaturated/α-hetero) is 1. The number of terminal acetylenes is 1. The minimum atomic E-state index is -0.510. The Hall–Kier alpha value is -1.79. The molecule has 2 fully saturated rings. The van der Waals surface area contributed by atoms with Crippen molar-refractivity contribution in [2.24, 2.45) is 22.7 Å². The lowest BCUT2D eigenvalue weighted by atomic mass is 9.43. The van der Waals surface area contributed by atoms with Crippen molar-refractivity contribution >= 4 is 5.78 Å². The molecule has 5 atom stereocenters. The summed E-state index contributed by atoms with van der Waals surface area (Å²) in [5, 5.41) is 10.7. The lowest BCUT2D eigenvalue weighted by molar-refractivity contribution is -0.167. The summed E-state index contributed by atoms with van der Waals surface area (Å²) in [4.78, 5) is 13.7. The average molecular weight is 381 g/mol. The van der Waals surface area contributed by atoms with Gasteiger partial charge in [0.25, 0.3) is 0 Å². The van der Waals surface area contributed by atoms with E-state index < -0.39 is 5.41 Å². The van der Waals surface area contributed by atoms with Crippen molar-refractivity contribution in [3.8, 4) is 18.1 Å². The average Bonchev–Trinajstić information content (AvgIpc) is 2.97. The number of carbonyl (C=O) groups is 1. The van der Waals surface area contributed by atoms with Crippen LogP contribution in [0.1, 0.15) is 69.2 Å². The molecule has 150 valence electrons.